The van der Waals surface area contributed by atoms with Crippen molar-refractivity contribution in [1.82, 2.24) is 10.1 Å². The Balaban J connectivity index is 1.91. The third-order valence-corrected chi connectivity index (χ3v) is 2.37. The zero-order chi connectivity index (χ0) is 9.26. The molecular weight excluding hydrogens is 166 g/mol. The summed E-state index contributed by atoms with van der Waals surface area (Å²) < 4.78 is 4.99. The van der Waals surface area contributed by atoms with Gasteiger partial charge in [-0.1, -0.05) is 5.16 Å². The van der Waals surface area contributed by atoms with Gasteiger partial charge in [-0.25, -0.2) is 0 Å². The largest absolute Gasteiger partial charge is 0.361 e. The van der Waals surface area contributed by atoms with Gasteiger partial charge in [0.05, 0.1) is 5.69 Å². The van der Waals surface area contributed by atoms with E-state index in [9.17, 15) is 0 Å². The molecule has 13 heavy (non-hydrogen) atoms. The lowest BCUT2D eigenvalue weighted by Crippen LogP contribution is -2.26. The van der Waals surface area contributed by atoms with Crippen molar-refractivity contribution >= 4 is 0 Å². The smallest absolute Gasteiger partial charge is 0.133 e. The molecule has 0 bridgehead atoms. The van der Waals surface area contributed by atoms with Crippen molar-refractivity contribution in [2.45, 2.75) is 25.9 Å². The highest BCUT2D eigenvalue weighted by Gasteiger charge is 2.19. The van der Waals surface area contributed by atoms with Gasteiger partial charge in [-0.2, -0.15) is 0 Å². The van der Waals surface area contributed by atoms with Crippen molar-refractivity contribution in [1.29, 1.82) is 0 Å². The van der Waals surface area contributed by atoms with Gasteiger partial charge in [0, 0.05) is 31.7 Å². The van der Waals surface area contributed by atoms with Crippen molar-refractivity contribution in [3.63, 3.8) is 0 Å². The standard InChI is InChI=1S/C9H15N3O/c1-7-4-9(11-13-7)6-12-3-2-8(10)5-12/h4,8H,2-3,5-6,10H2,1H3. The second-order valence-electron chi connectivity index (χ2n) is 3.71. The lowest BCUT2D eigenvalue weighted by atomic mass is 10.3. The quantitative estimate of drug-likeness (QED) is 0.722. The van der Waals surface area contributed by atoms with Gasteiger partial charge in [0.1, 0.15) is 5.76 Å². The summed E-state index contributed by atoms with van der Waals surface area (Å²) in [5, 5.41) is 3.95. The van der Waals surface area contributed by atoms with E-state index in [-0.39, 0.29) is 0 Å². The molecule has 1 aliphatic rings. The number of hydrogen-bond acceptors (Lipinski definition) is 4. The Kier molecular flexibility index (Phi) is 2.33. The van der Waals surface area contributed by atoms with Crippen LogP contribution in [0, 0.1) is 6.92 Å². The van der Waals surface area contributed by atoms with E-state index in [1.165, 1.54) is 0 Å². The first-order chi connectivity index (χ1) is 6.24. The summed E-state index contributed by atoms with van der Waals surface area (Å²) in [5.41, 5.74) is 6.80. The Labute approximate surface area is 77.7 Å². The van der Waals surface area contributed by atoms with Crippen molar-refractivity contribution in [3.05, 3.63) is 17.5 Å². The number of aromatic nitrogens is 1. The summed E-state index contributed by atoms with van der Waals surface area (Å²) >= 11 is 0. The van der Waals surface area contributed by atoms with E-state index in [2.05, 4.69) is 10.1 Å². The van der Waals surface area contributed by atoms with E-state index in [1.54, 1.807) is 0 Å². The fraction of sp³-hybridized carbons (Fsp3) is 0.667. The minimum atomic E-state index is 0.341. The van der Waals surface area contributed by atoms with Gasteiger partial charge in [0.15, 0.2) is 0 Å². The average molecular weight is 181 g/mol. The number of likely N-dealkylation sites (tertiary alicyclic amines) is 1. The molecule has 2 N–H and O–H groups in total. The van der Waals surface area contributed by atoms with Crippen LogP contribution in [0.25, 0.3) is 0 Å². The molecule has 0 aromatic carbocycles. The van der Waals surface area contributed by atoms with Crippen LogP contribution in [-0.4, -0.2) is 29.2 Å². The van der Waals surface area contributed by atoms with Gasteiger partial charge in [0.25, 0.3) is 0 Å². The number of aryl methyl sites for hydroxylation is 1. The van der Waals surface area contributed by atoms with E-state index in [0.717, 1.165) is 37.5 Å². The van der Waals surface area contributed by atoms with E-state index >= 15 is 0 Å². The Hall–Kier alpha value is -0.870. The van der Waals surface area contributed by atoms with Gasteiger partial charge in [0.2, 0.25) is 0 Å². The van der Waals surface area contributed by atoms with Crippen LogP contribution in [0.4, 0.5) is 0 Å². The van der Waals surface area contributed by atoms with Crippen molar-refractivity contribution in [2.24, 2.45) is 5.73 Å². The predicted molar refractivity (Wildman–Crippen MR) is 49.1 cm³/mol. The highest BCUT2D eigenvalue weighted by Crippen LogP contribution is 2.11. The molecular formula is C9H15N3O. The molecule has 2 heterocycles. The lowest BCUT2D eigenvalue weighted by molar-refractivity contribution is 0.308. The second kappa shape index (κ2) is 3.47. The molecule has 0 spiro atoms. The minimum Gasteiger partial charge on any atom is -0.361 e. The molecule has 0 aliphatic carbocycles. The molecule has 1 unspecified atom stereocenters. The summed E-state index contributed by atoms with van der Waals surface area (Å²) in [4.78, 5) is 2.31. The normalized spacial score (nSPS) is 24.0. The fourth-order valence-corrected chi connectivity index (χ4v) is 1.73. The summed E-state index contributed by atoms with van der Waals surface area (Å²) in [5.74, 6) is 0.874. The number of nitrogens with two attached hydrogens (primary N) is 1. The first-order valence-electron chi connectivity index (χ1n) is 4.64. The molecule has 1 aromatic heterocycles. The summed E-state index contributed by atoms with van der Waals surface area (Å²) in [6, 6.07) is 2.32. The van der Waals surface area contributed by atoms with Gasteiger partial charge in [-0.3, -0.25) is 4.90 Å². The van der Waals surface area contributed by atoms with E-state index in [1.807, 2.05) is 13.0 Å². The Morgan fingerprint density at radius 1 is 1.77 bits per heavy atom. The van der Waals surface area contributed by atoms with E-state index in [0.29, 0.717) is 6.04 Å². The molecule has 1 aromatic rings. The van der Waals surface area contributed by atoms with Crippen LogP contribution < -0.4 is 5.73 Å². The highest BCUT2D eigenvalue weighted by molar-refractivity contribution is 5.03. The van der Waals surface area contributed by atoms with Gasteiger partial charge in [-0.05, 0) is 13.3 Å². The Morgan fingerprint density at radius 3 is 3.15 bits per heavy atom. The van der Waals surface area contributed by atoms with Gasteiger partial charge >= 0.3 is 0 Å². The van der Waals surface area contributed by atoms with E-state index in [4.69, 9.17) is 10.3 Å². The molecule has 4 nitrogen and oxygen atoms in total. The molecule has 1 atom stereocenters. The van der Waals surface area contributed by atoms with E-state index < -0.39 is 0 Å². The topological polar surface area (TPSA) is 55.3 Å². The first-order valence-corrected chi connectivity index (χ1v) is 4.64. The predicted octanol–water partition coefficient (Wildman–Crippen LogP) is 0.516. The molecule has 1 saturated heterocycles. The molecule has 2 rings (SSSR count). The maximum absolute atomic E-state index is 5.80. The average Bonchev–Trinajstić information content (AvgIpc) is 2.62. The molecule has 0 amide bonds. The van der Waals surface area contributed by atoms with Crippen LogP contribution in [0.15, 0.2) is 10.6 Å². The van der Waals surface area contributed by atoms with Crippen LogP contribution in [0.3, 0.4) is 0 Å². The van der Waals surface area contributed by atoms with Crippen molar-refractivity contribution < 1.29 is 4.52 Å². The number of rotatable bonds is 2. The van der Waals surface area contributed by atoms with Crippen molar-refractivity contribution in [2.75, 3.05) is 13.1 Å². The van der Waals surface area contributed by atoms with Crippen LogP contribution in [0.5, 0.6) is 0 Å². The SMILES string of the molecule is Cc1cc(CN2CCC(N)C2)no1. The summed E-state index contributed by atoms with van der Waals surface area (Å²) in [7, 11) is 0. The maximum Gasteiger partial charge on any atom is 0.133 e. The summed E-state index contributed by atoms with van der Waals surface area (Å²) in [6.45, 7) is 4.83. The van der Waals surface area contributed by atoms with Crippen LogP contribution in [0.1, 0.15) is 17.9 Å². The monoisotopic (exact) mass is 181 g/mol. The first kappa shape index (κ1) is 8.72. The lowest BCUT2D eigenvalue weighted by Gasteiger charge is -2.11. The van der Waals surface area contributed by atoms with Crippen LogP contribution >= 0.6 is 0 Å². The van der Waals surface area contributed by atoms with Crippen LogP contribution in [0.2, 0.25) is 0 Å². The summed E-state index contributed by atoms with van der Waals surface area (Å²) in [6.07, 6.45) is 1.09. The Bertz CT molecular complexity index is 284. The minimum absolute atomic E-state index is 0.341. The Morgan fingerprint density at radius 2 is 2.62 bits per heavy atom. The molecule has 0 radical (unpaired) electrons. The van der Waals surface area contributed by atoms with Gasteiger partial charge in [-0.15, -0.1) is 0 Å². The molecule has 1 aliphatic heterocycles. The molecule has 4 heteroatoms. The second-order valence-corrected chi connectivity index (χ2v) is 3.71. The fourth-order valence-electron chi connectivity index (χ4n) is 1.73. The molecule has 1 fully saturated rings. The number of nitrogens with zero attached hydrogens (tertiary/aromatic N) is 2. The molecule has 0 saturated carbocycles. The maximum atomic E-state index is 5.80. The third-order valence-electron chi connectivity index (χ3n) is 2.37. The van der Waals surface area contributed by atoms with Crippen molar-refractivity contribution in [3.8, 4) is 0 Å². The van der Waals surface area contributed by atoms with Crippen LogP contribution in [-0.2, 0) is 6.54 Å². The number of hydrogen-bond donors (Lipinski definition) is 1. The molecule has 72 valence electrons. The zero-order valence-corrected chi connectivity index (χ0v) is 7.86. The highest BCUT2D eigenvalue weighted by atomic mass is 16.5. The van der Waals surface area contributed by atoms with Gasteiger partial charge < -0.3 is 10.3 Å². The zero-order valence-electron chi connectivity index (χ0n) is 7.86. The third kappa shape index (κ3) is 2.08.